The van der Waals surface area contributed by atoms with Gasteiger partial charge in [0, 0.05) is 31.7 Å². The lowest BCUT2D eigenvalue weighted by molar-refractivity contribution is 0.0522. The lowest BCUT2D eigenvalue weighted by Gasteiger charge is -2.38. The smallest absolute Gasteiger partial charge is 0.191 e. The molecule has 0 saturated carbocycles. The Labute approximate surface area is 138 Å². The van der Waals surface area contributed by atoms with Gasteiger partial charge in [0.1, 0.15) is 0 Å². The van der Waals surface area contributed by atoms with Crippen molar-refractivity contribution in [3.63, 3.8) is 0 Å². The molecule has 2 N–H and O–H groups in total. The average Bonchev–Trinajstić information content (AvgIpc) is 2.61. The van der Waals surface area contributed by atoms with Gasteiger partial charge in [0.15, 0.2) is 5.96 Å². The molecule has 1 aromatic rings. The van der Waals surface area contributed by atoms with Crippen molar-refractivity contribution >= 4 is 5.96 Å². The van der Waals surface area contributed by atoms with Crippen LogP contribution >= 0.6 is 0 Å². The number of morpholine rings is 1. The maximum atomic E-state index is 6.23. The number of ether oxygens (including phenoxy) is 2. The summed E-state index contributed by atoms with van der Waals surface area (Å²) >= 11 is 0. The van der Waals surface area contributed by atoms with Crippen LogP contribution in [0.15, 0.2) is 29.3 Å². The number of hydrogen-bond acceptors (Lipinski definition) is 3. The van der Waals surface area contributed by atoms with E-state index in [1.165, 1.54) is 11.1 Å². The molecule has 0 unspecified atom stereocenters. The molecule has 0 amide bonds. The van der Waals surface area contributed by atoms with E-state index in [9.17, 15) is 0 Å². The average molecular weight is 317 g/mol. The fourth-order valence-corrected chi connectivity index (χ4v) is 3.57. The molecule has 2 aliphatic rings. The zero-order valence-corrected chi connectivity index (χ0v) is 14.0. The zero-order chi connectivity index (χ0) is 16.1. The van der Waals surface area contributed by atoms with Gasteiger partial charge < -0.3 is 20.1 Å². The summed E-state index contributed by atoms with van der Waals surface area (Å²) in [6, 6.07) is 8.63. The van der Waals surface area contributed by atoms with Crippen molar-refractivity contribution in [1.82, 2.24) is 4.90 Å². The second-order valence-electron chi connectivity index (χ2n) is 6.48. The van der Waals surface area contributed by atoms with E-state index in [0.29, 0.717) is 5.96 Å². The molecule has 2 saturated heterocycles. The third-order valence-electron chi connectivity index (χ3n) is 5.05. The highest BCUT2D eigenvalue weighted by Crippen LogP contribution is 2.37. The Morgan fingerprint density at radius 1 is 1.13 bits per heavy atom. The number of rotatable bonds is 3. The number of aliphatic imine (C=N–C) groups is 1. The van der Waals surface area contributed by atoms with Crippen molar-refractivity contribution < 1.29 is 9.47 Å². The summed E-state index contributed by atoms with van der Waals surface area (Å²) in [6.07, 6.45) is 2.00. The Morgan fingerprint density at radius 2 is 1.78 bits per heavy atom. The first-order valence-corrected chi connectivity index (χ1v) is 8.48. The molecule has 5 heteroatoms. The minimum absolute atomic E-state index is 0.0422. The van der Waals surface area contributed by atoms with E-state index in [2.05, 4.69) is 36.1 Å². The molecule has 0 aromatic heterocycles. The Kier molecular flexibility index (Phi) is 5.18. The highest BCUT2D eigenvalue weighted by Gasteiger charge is 2.35. The van der Waals surface area contributed by atoms with E-state index in [0.717, 1.165) is 58.9 Å². The van der Waals surface area contributed by atoms with Crippen LogP contribution in [0.3, 0.4) is 0 Å². The molecule has 3 rings (SSSR count). The molecule has 0 bridgehead atoms. The predicted octanol–water partition coefficient (Wildman–Crippen LogP) is 1.69. The van der Waals surface area contributed by atoms with E-state index >= 15 is 0 Å². The first kappa shape index (κ1) is 16.3. The van der Waals surface area contributed by atoms with E-state index in [1.54, 1.807) is 0 Å². The minimum Gasteiger partial charge on any atom is -0.381 e. The second kappa shape index (κ2) is 7.32. The summed E-state index contributed by atoms with van der Waals surface area (Å²) in [6.45, 7) is 7.61. The van der Waals surface area contributed by atoms with Crippen LogP contribution in [0.25, 0.3) is 0 Å². The molecular weight excluding hydrogens is 290 g/mol. The molecule has 126 valence electrons. The molecule has 5 nitrogen and oxygen atoms in total. The van der Waals surface area contributed by atoms with Crippen LogP contribution in [-0.4, -0.2) is 56.9 Å². The highest BCUT2D eigenvalue weighted by molar-refractivity contribution is 5.78. The number of nitrogens with zero attached hydrogens (tertiary/aromatic N) is 2. The first-order valence-electron chi connectivity index (χ1n) is 8.48. The molecule has 0 radical (unpaired) electrons. The van der Waals surface area contributed by atoms with Gasteiger partial charge in [-0.3, -0.25) is 4.99 Å². The Bertz CT molecular complexity index is 547. The molecule has 2 aliphatic heterocycles. The highest BCUT2D eigenvalue weighted by atomic mass is 16.5. The number of hydrogen-bond donors (Lipinski definition) is 1. The van der Waals surface area contributed by atoms with Gasteiger partial charge in [-0.2, -0.15) is 0 Å². The first-order chi connectivity index (χ1) is 11.2. The molecule has 0 atom stereocenters. The number of aryl methyl sites for hydroxylation is 1. The van der Waals surface area contributed by atoms with Crippen LogP contribution in [0, 0.1) is 6.92 Å². The van der Waals surface area contributed by atoms with Crippen molar-refractivity contribution in [2.45, 2.75) is 25.2 Å². The predicted molar refractivity (Wildman–Crippen MR) is 91.8 cm³/mol. The maximum Gasteiger partial charge on any atom is 0.191 e. The third kappa shape index (κ3) is 3.67. The van der Waals surface area contributed by atoms with Gasteiger partial charge in [0.05, 0.1) is 19.8 Å². The molecule has 0 aliphatic carbocycles. The topological polar surface area (TPSA) is 60.1 Å². The quantitative estimate of drug-likeness (QED) is 0.681. The van der Waals surface area contributed by atoms with Crippen molar-refractivity contribution in [3.8, 4) is 0 Å². The second-order valence-corrected chi connectivity index (χ2v) is 6.48. The standard InChI is InChI=1S/C18H27N3O2/c1-15-4-2-3-5-16(15)18(6-10-22-11-7-18)14-20-17(19)21-8-12-23-13-9-21/h2-5H,6-14H2,1H3,(H2,19,20). The Morgan fingerprint density at radius 3 is 2.48 bits per heavy atom. The van der Waals surface area contributed by atoms with Crippen molar-refractivity contribution in [2.75, 3.05) is 46.1 Å². The summed E-state index contributed by atoms with van der Waals surface area (Å²) in [5.41, 5.74) is 8.99. The molecule has 23 heavy (non-hydrogen) atoms. The summed E-state index contributed by atoms with van der Waals surface area (Å²) in [5, 5.41) is 0. The van der Waals surface area contributed by atoms with Gasteiger partial charge >= 0.3 is 0 Å². The SMILES string of the molecule is Cc1ccccc1C1(CN=C(N)N2CCOCC2)CCOCC1. The van der Waals surface area contributed by atoms with Gasteiger partial charge in [-0.15, -0.1) is 0 Å². The van der Waals surface area contributed by atoms with Gasteiger partial charge in [0.2, 0.25) is 0 Å². The van der Waals surface area contributed by atoms with Crippen LogP contribution < -0.4 is 5.73 Å². The van der Waals surface area contributed by atoms with Gasteiger partial charge in [0.25, 0.3) is 0 Å². The summed E-state index contributed by atoms with van der Waals surface area (Å²) in [4.78, 5) is 6.89. The lowest BCUT2D eigenvalue weighted by Crippen LogP contribution is -2.46. The molecule has 2 heterocycles. The van der Waals surface area contributed by atoms with E-state index < -0.39 is 0 Å². The minimum atomic E-state index is 0.0422. The van der Waals surface area contributed by atoms with Crippen molar-refractivity contribution in [1.29, 1.82) is 0 Å². The van der Waals surface area contributed by atoms with Crippen LogP contribution in [0.4, 0.5) is 0 Å². The van der Waals surface area contributed by atoms with E-state index in [1.807, 2.05) is 0 Å². The van der Waals surface area contributed by atoms with Crippen LogP contribution in [0.5, 0.6) is 0 Å². The van der Waals surface area contributed by atoms with Crippen molar-refractivity contribution in [2.24, 2.45) is 10.7 Å². The van der Waals surface area contributed by atoms with Gasteiger partial charge in [-0.25, -0.2) is 0 Å². The summed E-state index contributed by atoms with van der Waals surface area (Å²) < 4.78 is 11.0. The number of benzene rings is 1. The van der Waals surface area contributed by atoms with E-state index in [-0.39, 0.29) is 5.41 Å². The van der Waals surface area contributed by atoms with Gasteiger partial charge in [-0.1, -0.05) is 24.3 Å². The fourth-order valence-electron chi connectivity index (χ4n) is 3.57. The normalized spacial score (nSPS) is 22.1. The van der Waals surface area contributed by atoms with Crippen LogP contribution in [0.1, 0.15) is 24.0 Å². The largest absolute Gasteiger partial charge is 0.381 e. The third-order valence-corrected chi connectivity index (χ3v) is 5.05. The molecule has 2 fully saturated rings. The number of nitrogens with two attached hydrogens (primary N) is 1. The molecule has 1 aromatic carbocycles. The fraction of sp³-hybridized carbons (Fsp3) is 0.611. The van der Waals surface area contributed by atoms with Crippen LogP contribution in [0.2, 0.25) is 0 Å². The Balaban J connectivity index is 1.81. The summed E-state index contributed by atoms with van der Waals surface area (Å²) in [5.74, 6) is 0.646. The van der Waals surface area contributed by atoms with E-state index in [4.69, 9.17) is 20.2 Å². The zero-order valence-electron chi connectivity index (χ0n) is 14.0. The lowest BCUT2D eigenvalue weighted by atomic mass is 9.72. The van der Waals surface area contributed by atoms with Crippen LogP contribution in [-0.2, 0) is 14.9 Å². The summed E-state index contributed by atoms with van der Waals surface area (Å²) in [7, 11) is 0. The van der Waals surface area contributed by atoms with Crippen molar-refractivity contribution in [3.05, 3.63) is 35.4 Å². The molecular formula is C18H27N3O2. The monoisotopic (exact) mass is 317 g/mol. The number of guanidine groups is 1. The molecule has 0 spiro atoms. The van der Waals surface area contributed by atoms with Gasteiger partial charge in [-0.05, 0) is 30.9 Å². The maximum absolute atomic E-state index is 6.23. The Hall–Kier alpha value is -1.59.